The molecule has 0 atom stereocenters. The normalized spacial score (nSPS) is 10.3. The van der Waals surface area contributed by atoms with Gasteiger partial charge in [-0.3, -0.25) is 4.79 Å². The molecule has 0 bridgehead atoms. The summed E-state index contributed by atoms with van der Waals surface area (Å²) in [4.78, 5) is 11.2. The molecule has 3 rings (SSSR count). The van der Waals surface area contributed by atoms with Crippen molar-refractivity contribution in [2.75, 3.05) is 5.73 Å². The van der Waals surface area contributed by atoms with Gasteiger partial charge in [-0.25, -0.2) is 0 Å². The fraction of sp³-hybridized carbons (Fsp3) is 0. The Bertz CT molecular complexity index is 764. The standard InChI is InChI=1S/C19H15NO/c20-19-16(13-21)11-12-17(14-7-3-1-4-8-14)18(19)15-9-5-2-6-10-15/h1-13H,20H2. The molecule has 3 aromatic rings. The summed E-state index contributed by atoms with van der Waals surface area (Å²) < 4.78 is 0. The van der Waals surface area contributed by atoms with Gasteiger partial charge in [-0.15, -0.1) is 0 Å². The molecule has 0 unspecified atom stereocenters. The highest BCUT2D eigenvalue weighted by molar-refractivity contribution is 5.98. The van der Waals surface area contributed by atoms with Crippen molar-refractivity contribution in [2.24, 2.45) is 0 Å². The maximum atomic E-state index is 11.2. The summed E-state index contributed by atoms with van der Waals surface area (Å²) in [6.07, 6.45) is 0.802. The van der Waals surface area contributed by atoms with Gasteiger partial charge in [0.1, 0.15) is 0 Å². The predicted molar refractivity (Wildman–Crippen MR) is 87.1 cm³/mol. The first-order valence-corrected chi connectivity index (χ1v) is 6.80. The number of hydrogen-bond acceptors (Lipinski definition) is 2. The van der Waals surface area contributed by atoms with Crippen molar-refractivity contribution in [3.8, 4) is 22.3 Å². The van der Waals surface area contributed by atoms with Crippen molar-refractivity contribution in [1.29, 1.82) is 0 Å². The summed E-state index contributed by atoms with van der Waals surface area (Å²) in [5, 5.41) is 0. The first kappa shape index (κ1) is 13.1. The number of nitrogens with two attached hydrogens (primary N) is 1. The molecule has 0 heterocycles. The van der Waals surface area contributed by atoms with Gasteiger partial charge in [0.2, 0.25) is 0 Å². The van der Waals surface area contributed by atoms with E-state index >= 15 is 0 Å². The van der Waals surface area contributed by atoms with E-state index in [4.69, 9.17) is 5.73 Å². The summed E-state index contributed by atoms with van der Waals surface area (Å²) in [7, 11) is 0. The lowest BCUT2D eigenvalue weighted by molar-refractivity contribution is 0.112. The van der Waals surface area contributed by atoms with Crippen molar-refractivity contribution in [1.82, 2.24) is 0 Å². The lowest BCUT2D eigenvalue weighted by Crippen LogP contribution is -1.98. The number of aldehydes is 1. The van der Waals surface area contributed by atoms with E-state index in [1.54, 1.807) is 6.07 Å². The number of anilines is 1. The third-order valence-electron chi connectivity index (χ3n) is 3.55. The number of benzene rings is 3. The van der Waals surface area contributed by atoms with Crippen LogP contribution in [0.4, 0.5) is 5.69 Å². The van der Waals surface area contributed by atoms with E-state index in [1.807, 2.05) is 66.7 Å². The molecule has 0 radical (unpaired) electrons. The highest BCUT2D eigenvalue weighted by Crippen LogP contribution is 2.37. The zero-order valence-electron chi connectivity index (χ0n) is 11.5. The van der Waals surface area contributed by atoms with Crippen LogP contribution in [0.3, 0.4) is 0 Å². The minimum Gasteiger partial charge on any atom is -0.398 e. The van der Waals surface area contributed by atoms with E-state index in [0.717, 1.165) is 28.5 Å². The molecule has 0 aliphatic rings. The largest absolute Gasteiger partial charge is 0.398 e. The van der Waals surface area contributed by atoms with Crippen molar-refractivity contribution in [3.63, 3.8) is 0 Å². The van der Waals surface area contributed by atoms with Crippen LogP contribution in [-0.2, 0) is 0 Å². The number of hydrogen-bond donors (Lipinski definition) is 1. The topological polar surface area (TPSA) is 43.1 Å². The molecule has 102 valence electrons. The van der Waals surface area contributed by atoms with Crippen LogP contribution in [-0.4, -0.2) is 6.29 Å². The Hall–Kier alpha value is -2.87. The molecule has 0 saturated heterocycles. The SMILES string of the molecule is Nc1c(C=O)ccc(-c2ccccc2)c1-c1ccccc1. The second-order valence-electron chi connectivity index (χ2n) is 4.84. The molecule has 21 heavy (non-hydrogen) atoms. The Kier molecular flexibility index (Phi) is 3.52. The maximum Gasteiger partial charge on any atom is 0.152 e. The molecule has 0 aliphatic heterocycles. The average molecular weight is 273 g/mol. The van der Waals surface area contributed by atoms with Gasteiger partial charge in [0.15, 0.2) is 6.29 Å². The van der Waals surface area contributed by atoms with Crippen LogP contribution in [0.15, 0.2) is 72.8 Å². The number of carbonyl (C=O) groups excluding carboxylic acids is 1. The van der Waals surface area contributed by atoms with Crippen LogP contribution < -0.4 is 5.73 Å². The zero-order chi connectivity index (χ0) is 14.7. The highest BCUT2D eigenvalue weighted by Gasteiger charge is 2.13. The Morgan fingerprint density at radius 2 is 1.29 bits per heavy atom. The van der Waals surface area contributed by atoms with Crippen molar-refractivity contribution in [3.05, 3.63) is 78.4 Å². The molecule has 0 spiro atoms. The number of carbonyl (C=O) groups is 1. The molecule has 0 aliphatic carbocycles. The molecular formula is C19H15NO. The summed E-state index contributed by atoms with van der Waals surface area (Å²) in [5.41, 5.74) is 11.3. The van der Waals surface area contributed by atoms with Gasteiger partial charge in [-0.2, -0.15) is 0 Å². The van der Waals surface area contributed by atoms with E-state index < -0.39 is 0 Å². The highest BCUT2D eigenvalue weighted by atomic mass is 16.1. The van der Waals surface area contributed by atoms with Gasteiger partial charge in [0.05, 0.1) is 5.69 Å². The molecule has 2 heteroatoms. The van der Waals surface area contributed by atoms with E-state index in [2.05, 4.69) is 0 Å². The third kappa shape index (κ3) is 2.43. The van der Waals surface area contributed by atoms with E-state index in [-0.39, 0.29) is 0 Å². The van der Waals surface area contributed by atoms with Gasteiger partial charge in [0, 0.05) is 11.1 Å². The maximum absolute atomic E-state index is 11.2. The van der Waals surface area contributed by atoms with Crippen LogP contribution in [0.25, 0.3) is 22.3 Å². The quantitative estimate of drug-likeness (QED) is 0.567. The third-order valence-corrected chi connectivity index (χ3v) is 3.55. The zero-order valence-corrected chi connectivity index (χ0v) is 11.5. The molecule has 0 fully saturated rings. The van der Waals surface area contributed by atoms with Crippen LogP contribution in [0.5, 0.6) is 0 Å². The first-order chi connectivity index (χ1) is 10.3. The smallest absolute Gasteiger partial charge is 0.152 e. The Labute approximate surface area is 123 Å². The minimum atomic E-state index is 0.522. The Morgan fingerprint density at radius 1 is 0.714 bits per heavy atom. The van der Waals surface area contributed by atoms with Crippen molar-refractivity contribution >= 4 is 12.0 Å². The van der Waals surface area contributed by atoms with Gasteiger partial charge in [-0.1, -0.05) is 66.7 Å². The van der Waals surface area contributed by atoms with Gasteiger partial charge >= 0.3 is 0 Å². The molecule has 0 saturated carbocycles. The second-order valence-corrected chi connectivity index (χ2v) is 4.84. The molecule has 0 amide bonds. The summed E-state index contributed by atoms with van der Waals surface area (Å²) in [6, 6.07) is 23.7. The molecule has 2 N–H and O–H groups in total. The van der Waals surface area contributed by atoms with Crippen LogP contribution >= 0.6 is 0 Å². The molecule has 3 aromatic carbocycles. The molecule has 2 nitrogen and oxygen atoms in total. The fourth-order valence-corrected chi connectivity index (χ4v) is 2.51. The number of rotatable bonds is 3. The van der Waals surface area contributed by atoms with Gasteiger partial charge in [-0.05, 0) is 22.8 Å². The summed E-state index contributed by atoms with van der Waals surface area (Å²) >= 11 is 0. The molecule has 0 aromatic heterocycles. The minimum absolute atomic E-state index is 0.522. The van der Waals surface area contributed by atoms with Crippen molar-refractivity contribution < 1.29 is 4.79 Å². The summed E-state index contributed by atoms with van der Waals surface area (Å²) in [5.74, 6) is 0. The Balaban J connectivity index is 2.31. The van der Waals surface area contributed by atoms with Gasteiger partial charge in [0.25, 0.3) is 0 Å². The Morgan fingerprint density at radius 3 is 1.86 bits per heavy atom. The second kappa shape index (κ2) is 5.63. The molecular weight excluding hydrogens is 258 g/mol. The number of nitrogen functional groups attached to an aromatic ring is 1. The van der Waals surface area contributed by atoms with E-state index in [1.165, 1.54) is 0 Å². The first-order valence-electron chi connectivity index (χ1n) is 6.80. The van der Waals surface area contributed by atoms with Crippen LogP contribution in [0.2, 0.25) is 0 Å². The lowest BCUT2D eigenvalue weighted by atomic mass is 9.91. The lowest BCUT2D eigenvalue weighted by Gasteiger charge is -2.14. The van der Waals surface area contributed by atoms with Crippen molar-refractivity contribution in [2.45, 2.75) is 0 Å². The predicted octanol–water partition coefficient (Wildman–Crippen LogP) is 4.42. The van der Waals surface area contributed by atoms with Crippen LogP contribution in [0.1, 0.15) is 10.4 Å². The monoisotopic (exact) mass is 273 g/mol. The van der Waals surface area contributed by atoms with Gasteiger partial charge < -0.3 is 5.73 Å². The summed E-state index contributed by atoms with van der Waals surface area (Å²) in [6.45, 7) is 0. The fourth-order valence-electron chi connectivity index (χ4n) is 2.51. The van der Waals surface area contributed by atoms with E-state index in [9.17, 15) is 4.79 Å². The average Bonchev–Trinajstić information content (AvgIpc) is 2.56. The van der Waals surface area contributed by atoms with E-state index in [0.29, 0.717) is 11.3 Å². The van der Waals surface area contributed by atoms with Crippen LogP contribution in [0, 0.1) is 0 Å².